The third-order valence-electron chi connectivity index (χ3n) is 6.35. The number of hydrogen-bond acceptors (Lipinski definition) is 3. The summed E-state index contributed by atoms with van der Waals surface area (Å²) in [7, 11) is 4.98. The standard InChI is InChI=1S/C24H30FN4O/c1-17-19(12-9-15-27-17)20-16-23(2,14-13-21(20)25)24(29(5)26,22(30)28(3)4)18-10-7-6-8-11-18/h6-15,17,19,26H,16H2,1-5H3/q-1. The fourth-order valence-corrected chi connectivity index (χ4v) is 4.87. The van der Waals surface area contributed by atoms with Crippen LogP contribution >= 0.6 is 0 Å². The molecule has 1 heterocycles. The molecule has 0 bridgehead atoms. The number of nitrogens with one attached hydrogen (secondary N) is 1. The summed E-state index contributed by atoms with van der Waals surface area (Å²) in [5.74, 6) is 8.03. The van der Waals surface area contributed by atoms with Crippen molar-refractivity contribution in [2.24, 2.45) is 16.3 Å². The van der Waals surface area contributed by atoms with Crippen molar-refractivity contribution < 1.29 is 9.18 Å². The number of allylic oxidation sites excluding steroid dienone is 3. The van der Waals surface area contributed by atoms with E-state index in [9.17, 15) is 4.79 Å². The molecule has 0 fully saturated rings. The zero-order chi connectivity index (χ0) is 22.1. The van der Waals surface area contributed by atoms with Gasteiger partial charge in [-0.2, -0.15) is 0 Å². The SMILES string of the molecule is CC1N=CC=CC1C1=C(F)C=CC(C)(C(C(=O)N(C)C)(c2ccccc2)N(C)[NH-])C1. The van der Waals surface area contributed by atoms with Gasteiger partial charge in [0.25, 0.3) is 0 Å². The molecule has 1 aliphatic heterocycles. The van der Waals surface area contributed by atoms with Crippen molar-refractivity contribution >= 4 is 12.1 Å². The second kappa shape index (κ2) is 8.28. The minimum atomic E-state index is -1.33. The second-order valence-electron chi connectivity index (χ2n) is 8.59. The van der Waals surface area contributed by atoms with Gasteiger partial charge in [-0.3, -0.25) is 9.79 Å². The summed E-state index contributed by atoms with van der Waals surface area (Å²) in [6.45, 7) is 3.91. The summed E-state index contributed by atoms with van der Waals surface area (Å²) >= 11 is 0. The number of benzene rings is 1. The third kappa shape index (κ3) is 3.44. The van der Waals surface area contributed by atoms with Crippen LogP contribution in [0.3, 0.4) is 0 Å². The highest BCUT2D eigenvalue weighted by Crippen LogP contribution is 2.53. The van der Waals surface area contributed by atoms with Crippen LogP contribution in [0.5, 0.6) is 0 Å². The van der Waals surface area contributed by atoms with Crippen LogP contribution in [0.2, 0.25) is 0 Å². The Morgan fingerprint density at radius 1 is 1.27 bits per heavy atom. The predicted molar refractivity (Wildman–Crippen MR) is 119 cm³/mol. The van der Waals surface area contributed by atoms with Crippen molar-refractivity contribution in [3.8, 4) is 0 Å². The van der Waals surface area contributed by atoms with E-state index in [1.807, 2.05) is 56.3 Å². The highest BCUT2D eigenvalue weighted by molar-refractivity contribution is 5.89. The molecule has 1 aromatic rings. The lowest BCUT2D eigenvalue weighted by atomic mass is 9.60. The van der Waals surface area contributed by atoms with E-state index >= 15 is 4.39 Å². The van der Waals surface area contributed by atoms with Crippen LogP contribution in [-0.2, 0) is 10.3 Å². The molecule has 0 spiro atoms. The van der Waals surface area contributed by atoms with Gasteiger partial charge < -0.3 is 15.8 Å². The van der Waals surface area contributed by atoms with Gasteiger partial charge in [0, 0.05) is 31.6 Å². The molecule has 0 radical (unpaired) electrons. The summed E-state index contributed by atoms with van der Waals surface area (Å²) < 4.78 is 15.1. The Balaban J connectivity index is 2.19. The summed E-state index contributed by atoms with van der Waals surface area (Å²) in [4.78, 5) is 19.7. The van der Waals surface area contributed by atoms with Gasteiger partial charge in [0.2, 0.25) is 5.91 Å². The molecular weight excluding hydrogens is 379 g/mol. The van der Waals surface area contributed by atoms with Gasteiger partial charge in [-0.15, -0.1) is 0 Å². The molecule has 1 N–H and O–H groups in total. The number of aliphatic imine (C=N–C) groups is 1. The molecule has 0 saturated heterocycles. The van der Waals surface area contributed by atoms with Crippen molar-refractivity contribution in [2.45, 2.75) is 31.8 Å². The van der Waals surface area contributed by atoms with E-state index in [4.69, 9.17) is 5.84 Å². The molecule has 0 aromatic heterocycles. The summed E-state index contributed by atoms with van der Waals surface area (Å²) in [5, 5.41) is 1.23. The Morgan fingerprint density at radius 3 is 2.50 bits per heavy atom. The van der Waals surface area contributed by atoms with Gasteiger partial charge >= 0.3 is 0 Å². The van der Waals surface area contributed by atoms with Crippen LogP contribution in [0, 0.1) is 11.3 Å². The monoisotopic (exact) mass is 409 g/mol. The van der Waals surface area contributed by atoms with Crippen molar-refractivity contribution in [3.63, 3.8) is 0 Å². The molecule has 1 aromatic carbocycles. The van der Waals surface area contributed by atoms with Crippen LogP contribution in [0.25, 0.3) is 5.84 Å². The molecule has 160 valence electrons. The van der Waals surface area contributed by atoms with Crippen molar-refractivity contribution in [1.29, 1.82) is 0 Å². The fourth-order valence-electron chi connectivity index (χ4n) is 4.87. The number of rotatable bonds is 5. The Bertz CT molecular complexity index is 918. The van der Waals surface area contributed by atoms with E-state index in [0.29, 0.717) is 17.6 Å². The molecule has 6 heteroatoms. The molecule has 1 aliphatic carbocycles. The highest BCUT2D eigenvalue weighted by Gasteiger charge is 2.55. The quantitative estimate of drug-likeness (QED) is 0.662. The zero-order valence-electron chi connectivity index (χ0n) is 18.3. The Hall–Kier alpha value is -2.57. The van der Waals surface area contributed by atoms with Gasteiger partial charge in [-0.1, -0.05) is 49.4 Å². The minimum Gasteiger partial charge on any atom is -0.609 e. The first-order valence-corrected chi connectivity index (χ1v) is 10.1. The van der Waals surface area contributed by atoms with Gasteiger partial charge in [-0.25, -0.2) is 4.39 Å². The lowest BCUT2D eigenvalue weighted by Crippen LogP contribution is -2.61. The van der Waals surface area contributed by atoms with Crippen LogP contribution in [0.1, 0.15) is 25.8 Å². The smallest absolute Gasteiger partial charge is 0.246 e. The number of nitrogens with zero attached hydrogens (tertiary/aromatic N) is 3. The third-order valence-corrected chi connectivity index (χ3v) is 6.35. The maximum Gasteiger partial charge on any atom is 0.246 e. The molecule has 4 unspecified atom stereocenters. The van der Waals surface area contributed by atoms with Crippen molar-refractivity contribution in [3.05, 3.63) is 77.4 Å². The average Bonchev–Trinajstić information content (AvgIpc) is 2.71. The molecular formula is C24H30FN4O-. The van der Waals surface area contributed by atoms with E-state index in [1.54, 1.807) is 33.4 Å². The normalized spacial score (nSPS) is 28.0. The summed E-state index contributed by atoms with van der Waals surface area (Å²) in [6.07, 6.45) is 9.07. The maximum atomic E-state index is 15.1. The lowest BCUT2D eigenvalue weighted by Gasteiger charge is -2.56. The Kier molecular flexibility index (Phi) is 6.11. The second-order valence-corrected chi connectivity index (χ2v) is 8.59. The van der Waals surface area contributed by atoms with Gasteiger partial charge in [0.1, 0.15) is 11.4 Å². The van der Waals surface area contributed by atoms with E-state index in [0.717, 1.165) is 0 Å². The maximum absolute atomic E-state index is 15.1. The predicted octanol–water partition coefficient (Wildman–Crippen LogP) is 4.70. The van der Waals surface area contributed by atoms with Gasteiger partial charge in [-0.05, 0) is 43.7 Å². The number of likely N-dealkylation sites (N-methyl/N-ethyl adjacent to an activating group) is 2. The minimum absolute atomic E-state index is 0.0871. The first-order valence-electron chi connectivity index (χ1n) is 10.1. The number of halogens is 1. The molecule has 2 aliphatic rings. The molecule has 1 amide bonds. The van der Waals surface area contributed by atoms with Crippen molar-refractivity contribution in [2.75, 3.05) is 21.1 Å². The first kappa shape index (κ1) is 22.1. The number of carbonyl (C=O) groups excluding carboxylic acids is 1. The highest BCUT2D eigenvalue weighted by atomic mass is 19.1. The van der Waals surface area contributed by atoms with Gasteiger partial charge in [0.05, 0.1) is 6.04 Å². The van der Waals surface area contributed by atoms with Gasteiger partial charge in [0.15, 0.2) is 0 Å². The summed E-state index contributed by atoms with van der Waals surface area (Å²) in [5.41, 5.74) is -0.855. The summed E-state index contributed by atoms with van der Waals surface area (Å²) in [6, 6.07) is 9.26. The van der Waals surface area contributed by atoms with Crippen molar-refractivity contribution in [1.82, 2.24) is 9.91 Å². The fraction of sp³-hybridized carbons (Fsp3) is 0.417. The Morgan fingerprint density at radius 2 is 1.93 bits per heavy atom. The van der Waals surface area contributed by atoms with E-state index < -0.39 is 11.0 Å². The van der Waals surface area contributed by atoms with Crippen LogP contribution in [-0.4, -0.2) is 49.2 Å². The Labute approximate surface area is 178 Å². The average molecular weight is 410 g/mol. The molecule has 4 atom stereocenters. The lowest BCUT2D eigenvalue weighted by molar-refractivity contribution is -0.147. The molecule has 0 saturated carbocycles. The first-order chi connectivity index (χ1) is 14.1. The molecule has 3 rings (SSSR count). The number of amides is 1. The topological polar surface area (TPSA) is 59.7 Å². The molecule has 30 heavy (non-hydrogen) atoms. The van der Waals surface area contributed by atoms with Crippen LogP contribution in [0.15, 0.2) is 71.0 Å². The van der Waals surface area contributed by atoms with E-state index in [1.165, 1.54) is 16.0 Å². The van der Waals surface area contributed by atoms with Crippen LogP contribution in [0.4, 0.5) is 4.39 Å². The van der Waals surface area contributed by atoms with Crippen LogP contribution < -0.4 is 0 Å². The zero-order valence-corrected chi connectivity index (χ0v) is 18.3. The number of hydrogen-bond donors (Lipinski definition) is 0. The van der Waals surface area contributed by atoms with E-state index in [-0.39, 0.29) is 23.7 Å². The number of dihydropyridines is 1. The molecule has 5 nitrogen and oxygen atoms in total. The van der Waals surface area contributed by atoms with E-state index in [2.05, 4.69) is 4.99 Å². The largest absolute Gasteiger partial charge is 0.609 e. The number of carbonyl (C=O) groups is 1.